The lowest BCUT2D eigenvalue weighted by Crippen LogP contribution is -2.46. The van der Waals surface area contributed by atoms with Gasteiger partial charge in [0, 0.05) is 12.7 Å². The first-order valence-corrected chi connectivity index (χ1v) is 7.76. The molecule has 0 aliphatic rings. The number of anilines is 1. The summed E-state index contributed by atoms with van der Waals surface area (Å²) in [5.74, 6) is 0.455. The lowest BCUT2D eigenvalue weighted by atomic mass is 10.2. The zero-order valence-electron chi connectivity index (χ0n) is 13.2. The number of ether oxygens (including phenoxy) is 1. The first-order valence-electron chi connectivity index (χ1n) is 6.96. The number of hydrogen-bond donors (Lipinski definition) is 1. The summed E-state index contributed by atoms with van der Waals surface area (Å²) in [4.78, 5) is 20.0. The topological polar surface area (TPSA) is 91.1 Å². The number of carbonyl (C=O) groups excluding carboxylic acids is 1. The van der Waals surface area contributed by atoms with Gasteiger partial charge in [-0.05, 0) is 43.1 Å². The number of carbonyl (C=O) groups is 1. The lowest BCUT2D eigenvalue weighted by Gasteiger charge is -2.27. The van der Waals surface area contributed by atoms with E-state index in [0.717, 1.165) is 12.8 Å². The molecule has 0 bridgehead atoms. The van der Waals surface area contributed by atoms with Crippen molar-refractivity contribution in [2.45, 2.75) is 46.1 Å². The van der Waals surface area contributed by atoms with Crippen LogP contribution in [0.3, 0.4) is 0 Å². The molecule has 0 fully saturated rings. The minimum absolute atomic E-state index is 0.0330. The van der Waals surface area contributed by atoms with Crippen LogP contribution in [0.25, 0.3) is 0 Å². The molecule has 1 aromatic heterocycles. The predicted molar refractivity (Wildman–Crippen MR) is 86.1 cm³/mol. The molecule has 22 heavy (non-hydrogen) atoms. The fourth-order valence-corrected chi connectivity index (χ4v) is 1.95. The van der Waals surface area contributed by atoms with Crippen LogP contribution in [0.15, 0.2) is 10.7 Å². The third-order valence-corrected chi connectivity index (χ3v) is 3.00. The molecule has 0 atom stereocenters. The SMILES string of the molecule is CCCCN(NC(=O)OC(C)(C)C)c1nc(C#N)ncc1Br. The Morgan fingerprint density at radius 2 is 2.23 bits per heavy atom. The van der Waals surface area contributed by atoms with Crippen LogP contribution in [-0.4, -0.2) is 28.2 Å². The summed E-state index contributed by atoms with van der Waals surface area (Å²) in [5, 5.41) is 10.5. The Balaban J connectivity index is 2.98. The summed E-state index contributed by atoms with van der Waals surface area (Å²) in [6.45, 7) is 7.95. The fraction of sp³-hybridized carbons (Fsp3) is 0.571. The molecule has 1 aromatic rings. The maximum Gasteiger partial charge on any atom is 0.426 e. The number of nitrogens with one attached hydrogen (secondary N) is 1. The van der Waals surface area contributed by atoms with Crippen LogP contribution in [0.5, 0.6) is 0 Å². The largest absolute Gasteiger partial charge is 0.443 e. The maximum atomic E-state index is 12.0. The summed E-state index contributed by atoms with van der Waals surface area (Å²) in [6, 6.07) is 1.88. The molecule has 1 N–H and O–H groups in total. The van der Waals surface area contributed by atoms with Crippen LogP contribution in [-0.2, 0) is 4.74 Å². The second-order valence-corrected chi connectivity index (χ2v) is 6.45. The van der Waals surface area contributed by atoms with Crippen molar-refractivity contribution in [2.75, 3.05) is 11.6 Å². The monoisotopic (exact) mass is 369 g/mol. The van der Waals surface area contributed by atoms with Crippen molar-refractivity contribution >= 4 is 27.8 Å². The van der Waals surface area contributed by atoms with E-state index in [1.54, 1.807) is 25.8 Å². The summed E-state index contributed by atoms with van der Waals surface area (Å²) >= 11 is 3.34. The Morgan fingerprint density at radius 3 is 2.77 bits per heavy atom. The molecule has 1 rings (SSSR count). The van der Waals surface area contributed by atoms with E-state index in [0.29, 0.717) is 16.8 Å². The second kappa shape index (κ2) is 7.94. The van der Waals surface area contributed by atoms with Crippen LogP contribution in [0.2, 0.25) is 0 Å². The Hall–Kier alpha value is -1.88. The highest BCUT2D eigenvalue weighted by atomic mass is 79.9. The quantitative estimate of drug-likeness (QED) is 0.801. The Bertz CT molecular complexity index is 565. The zero-order chi connectivity index (χ0) is 16.8. The van der Waals surface area contributed by atoms with Gasteiger partial charge in [0.25, 0.3) is 0 Å². The number of halogens is 1. The number of rotatable bonds is 5. The summed E-state index contributed by atoms with van der Waals surface area (Å²) in [7, 11) is 0. The fourth-order valence-electron chi connectivity index (χ4n) is 1.54. The normalized spacial score (nSPS) is 10.7. The molecule has 0 radical (unpaired) electrons. The first-order chi connectivity index (χ1) is 10.3. The van der Waals surface area contributed by atoms with Gasteiger partial charge < -0.3 is 4.74 Å². The third kappa shape index (κ3) is 5.85. The summed E-state index contributed by atoms with van der Waals surface area (Å²) in [5.41, 5.74) is 2.06. The molecular weight excluding hydrogens is 350 g/mol. The van der Waals surface area contributed by atoms with Gasteiger partial charge in [-0.1, -0.05) is 13.3 Å². The van der Waals surface area contributed by atoms with Gasteiger partial charge in [0.1, 0.15) is 11.7 Å². The molecule has 1 heterocycles. The molecule has 0 saturated carbocycles. The minimum Gasteiger partial charge on any atom is -0.443 e. The Morgan fingerprint density at radius 1 is 1.55 bits per heavy atom. The minimum atomic E-state index is -0.596. The van der Waals surface area contributed by atoms with Gasteiger partial charge in [0.15, 0.2) is 5.82 Å². The summed E-state index contributed by atoms with van der Waals surface area (Å²) < 4.78 is 5.83. The molecule has 0 aliphatic heterocycles. The van der Waals surface area contributed by atoms with E-state index in [2.05, 4.69) is 31.3 Å². The third-order valence-electron chi connectivity index (χ3n) is 2.44. The van der Waals surface area contributed by atoms with Gasteiger partial charge >= 0.3 is 6.09 Å². The van der Waals surface area contributed by atoms with Crippen LogP contribution >= 0.6 is 15.9 Å². The van der Waals surface area contributed by atoms with Gasteiger partial charge in [-0.3, -0.25) is 5.01 Å². The smallest absolute Gasteiger partial charge is 0.426 e. The molecule has 0 saturated heterocycles. The van der Waals surface area contributed by atoms with Crippen molar-refractivity contribution in [3.05, 3.63) is 16.5 Å². The number of aromatic nitrogens is 2. The van der Waals surface area contributed by atoms with Crippen LogP contribution in [0.4, 0.5) is 10.6 Å². The van der Waals surface area contributed by atoms with E-state index in [1.807, 2.05) is 13.0 Å². The highest BCUT2D eigenvalue weighted by molar-refractivity contribution is 9.10. The Labute approximate surface area is 138 Å². The second-order valence-electron chi connectivity index (χ2n) is 5.60. The number of unbranched alkanes of at least 4 members (excludes halogenated alkanes) is 1. The molecule has 0 spiro atoms. The van der Waals surface area contributed by atoms with Crippen molar-refractivity contribution in [2.24, 2.45) is 0 Å². The van der Waals surface area contributed by atoms with Gasteiger partial charge in [-0.25, -0.2) is 15.2 Å². The number of nitriles is 1. The van der Waals surface area contributed by atoms with E-state index < -0.39 is 11.7 Å². The van der Waals surface area contributed by atoms with E-state index in [9.17, 15) is 4.79 Å². The van der Waals surface area contributed by atoms with Crippen LogP contribution in [0.1, 0.15) is 46.4 Å². The van der Waals surface area contributed by atoms with Gasteiger partial charge in [0.2, 0.25) is 5.82 Å². The number of hydrazine groups is 1. The summed E-state index contributed by atoms with van der Waals surface area (Å²) in [6.07, 6.45) is 2.69. The highest BCUT2D eigenvalue weighted by Gasteiger charge is 2.20. The lowest BCUT2D eigenvalue weighted by molar-refractivity contribution is 0.0520. The number of amides is 1. The average molecular weight is 370 g/mol. The van der Waals surface area contributed by atoms with Gasteiger partial charge in [-0.15, -0.1) is 0 Å². The van der Waals surface area contributed by atoms with Gasteiger partial charge in [-0.2, -0.15) is 10.2 Å². The predicted octanol–water partition coefficient (Wildman–Crippen LogP) is 3.16. The molecule has 0 aliphatic carbocycles. The molecule has 7 nitrogen and oxygen atoms in total. The van der Waals surface area contributed by atoms with Crippen molar-refractivity contribution in [3.8, 4) is 6.07 Å². The van der Waals surface area contributed by atoms with Crippen LogP contribution in [0, 0.1) is 11.3 Å². The molecule has 0 unspecified atom stereocenters. The van der Waals surface area contributed by atoms with E-state index >= 15 is 0 Å². The molecule has 0 aromatic carbocycles. The highest BCUT2D eigenvalue weighted by Crippen LogP contribution is 2.22. The zero-order valence-corrected chi connectivity index (χ0v) is 14.8. The standard InChI is InChI=1S/C14H20BrN5O2/c1-5-6-7-20(19-13(21)22-14(2,3)4)12-10(15)9-17-11(8-16)18-12/h9H,5-7H2,1-4H3,(H,19,21). The maximum absolute atomic E-state index is 12.0. The van der Waals surface area contributed by atoms with Crippen LogP contribution < -0.4 is 10.4 Å². The molecular formula is C14H20BrN5O2. The van der Waals surface area contributed by atoms with Crippen molar-refractivity contribution in [1.29, 1.82) is 5.26 Å². The Kier molecular flexibility index (Phi) is 6.56. The van der Waals surface area contributed by atoms with Crippen molar-refractivity contribution in [3.63, 3.8) is 0 Å². The number of hydrogen-bond acceptors (Lipinski definition) is 6. The van der Waals surface area contributed by atoms with Crippen molar-refractivity contribution < 1.29 is 9.53 Å². The number of nitrogens with zero attached hydrogens (tertiary/aromatic N) is 4. The van der Waals surface area contributed by atoms with E-state index in [-0.39, 0.29) is 5.82 Å². The van der Waals surface area contributed by atoms with Crippen molar-refractivity contribution in [1.82, 2.24) is 15.4 Å². The van der Waals surface area contributed by atoms with Gasteiger partial charge in [0.05, 0.1) is 4.47 Å². The average Bonchev–Trinajstić information content (AvgIpc) is 2.42. The molecule has 1 amide bonds. The first kappa shape index (κ1) is 18.2. The molecule has 120 valence electrons. The van der Waals surface area contributed by atoms with E-state index in [4.69, 9.17) is 10.00 Å². The van der Waals surface area contributed by atoms with E-state index in [1.165, 1.54) is 6.20 Å². The molecule has 8 heteroatoms.